The summed E-state index contributed by atoms with van der Waals surface area (Å²) in [7, 11) is 0. The third-order valence-corrected chi connectivity index (χ3v) is 5.13. The second-order valence-electron chi connectivity index (χ2n) is 4.96. The number of nitrogen functional groups attached to an aromatic ring is 1. The average Bonchev–Trinajstić information content (AvgIpc) is 3.12. The first-order valence-electron chi connectivity index (χ1n) is 6.86. The normalized spacial score (nSPS) is 11.2. The number of nitrogens with two attached hydrogens (primary N) is 1. The van der Waals surface area contributed by atoms with Crippen LogP contribution in [-0.2, 0) is 5.75 Å². The van der Waals surface area contributed by atoms with Crippen LogP contribution in [0.25, 0.3) is 10.6 Å². The highest BCUT2D eigenvalue weighted by Gasteiger charge is 2.14. The molecule has 0 aliphatic carbocycles. The number of thioether (sulfide) groups is 1. The Kier molecular flexibility index (Phi) is 4.39. The lowest BCUT2D eigenvalue weighted by Gasteiger charge is -2.10. The van der Waals surface area contributed by atoms with Gasteiger partial charge in [0.2, 0.25) is 5.95 Å². The van der Waals surface area contributed by atoms with Gasteiger partial charge in [-0.15, -0.1) is 20.4 Å². The first-order valence-corrected chi connectivity index (χ1v) is 8.66. The Morgan fingerprint density at radius 1 is 1.14 bits per heavy atom. The summed E-state index contributed by atoms with van der Waals surface area (Å²) in [5.41, 5.74) is 6.93. The number of nitrogens with zero attached hydrogens (tertiary/aromatic N) is 5. The molecule has 0 aliphatic heterocycles. The second-order valence-corrected chi connectivity index (χ2v) is 6.96. The molecule has 6 nitrogen and oxygen atoms in total. The van der Waals surface area contributed by atoms with Crippen LogP contribution < -0.4 is 5.73 Å². The second kappa shape index (κ2) is 6.45. The predicted octanol–water partition coefficient (Wildman–Crippen LogP) is 3.25. The van der Waals surface area contributed by atoms with E-state index in [2.05, 4.69) is 34.2 Å². The number of rotatable bonds is 5. The van der Waals surface area contributed by atoms with Gasteiger partial charge in [-0.2, -0.15) is 0 Å². The zero-order valence-electron chi connectivity index (χ0n) is 12.3. The van der Waals surface area contributed by atoms with Gasteiger partial charge in [-0.1, -0.05) is 53.4 Å². The Labute approximate surface area is 136 Å². The standard InChI is InChI=1S/C14H16N6S2/c1-9(2)20-13(15)18-19-14(20)21-8-11-16-17-12(22-11)10-6-4-3-5-7-10/h3-7,9H,8H2,1-2H3,(H2,15,18). The van der Waals surface area contributed by atoms with Crippen molar-refractivity contribution in [3.8, 4) is 10.6 Å². The van der Waals surface area contributed by atoms with Crippen molar-refractivity contribution in [2.75, 3.05) is 5.73 Å². The summed E-state index contributed by atoms with van der Waals surface area (Å²) in [4.78, 5) is 0. The maximum atomic E-state index is 5.84. The quantitative estimate of drug-likeness (QED) is 0.722. The van der Waals surface area contributed by atoms with Crippen LogP contribution >= 0.6 is 23.1 Å². The van der Waals surface area contributed by atoms with Crippen LogP contribution in [0.5, 0.6) is 0 Å². The molecule has 0 spiro atoms. The summed E-state index contributed by atoms with van der Waals surface area (Å²) in [6, 6.07) is 10.3. The van der Waals surface area contributed by atoms with Gasteiger partial charge in [-0.3, -0.25) is 4.57 Å². The first kappa shape index (κ1) is 15.0. The van der Waals surface area contributed by atoms with Gasteiger partial charge in [0.1, 0.15) is 10.0 Å². The molecule has 1 aromatic carbocycles. The molecular formula is C14H16N6S2. The van der Waals surface area contributed by atoms with Crippen molar-refractivity contribution in [2.24, 2.45) is 0 Å². The van der Waals surface area contributed by atoms with Crippen molar-refractivity contribution in [3.05, 3.63) is 35.3 Å². The monoisotopic (exact) mass is 332 g/mol. The van der Waals surface area contributed by atoms with Crippen LogP contribution in [0.4, 0.5) is 5.95 Å². The summed E-state index contributed by atoms with van der Waals surface area (Å²) in [6.45, 7) is 4.12. The van der Waals surface area contributed by atoms with E-state index in [9.17, 15) is 0 Å². The SMILES string of the molecule is CC(C)n1c(N)nnc1SCc1nnc(-c2ccccc2)s1. The van der Waals surface area contributed by atoms with Crippen LogP contribution in [-0.4, -0.2) is 25.0 Å². The molecule has 22 heavy (non-hydrogen) atoms. The molecule has 0 bridgehead atoms. The zero-order chi connectivity index (χ0) is 15.5. The zero-order valence-corrected chi connectivity index (χ0v) is 13.9. The van der Waals surface area contributed by atoms with Gasteiger partial charge < -0.3 is 5.73 Å². The van der Waals surface area contributed by atoms with Gasteiger partial charge in [0, 0.05) is 11.6 Å². The molecule has 0 aliphatic rings. The molecule has 2 aromatic heterocycles. The Morgan fingerprint density at radius 3 is 2.64 bits per heavy atom. The Balaban J connectivity index is 1.72. The summed E-state index contributed by atoms with van der Waals surface area (Å²) in [5.74, 6) is 1.15. The molecule has 0 radical (unpaired) electrons. The molecule has 0 saturated heterocycles. The molecule has 0 amide bonds. The van der Waals surface area contributed by atoms with Crippen molar-refractivity contribution >= 4 is 29.0 Å². The third-order valence-electron chi connectivity index (χ3n) is 3.02. The Hall–Kier alpha value is -1.93. The molecule has 114 valence electrons. The highest BCUT2D eigenvalue weighted by atomic mass is 32.2. The fourth-order valence-corrected chi connectivity index (χ4v) is 3.91. The van der Waals surface area contributed by atoms with E-state index < -0.39 is 0 Å². The topological polar surface area (TPSA) is 82.5 Å². The van der Waals surface area contributed by atoms with Crippen LogP contribution in [0.1, 0.15) is 24.9 Å². The van der Waals surface area contributed by atoms with E-state index in [0.717, 1.165) is 20.7 Å². The van der Waals surface area contributed by atoms with Gasteiger partial charge in [-0.25, -0.2) is 0 Å². The fourth-order valence-electron chi connectivity index (χ4n) is 2.01. The number of hydrogen-bond acceptors (Lipinski definition) is 7. The van der Waals surface area contributed by atoms with Crippen molar-refractivity contribution in [2.45, 2.75) is 30.8 Å². The van der Waals surface area contributed by atoms with E-state index in [4.69, 9.17) is 5.73 Å². The highest BCUT2D eigenvalue weighted by molar-refractivity contribution is 7.98. The van der Waals surface area contributed by atoms with Crippen molar-refractivity contribution in [1.29, 1.82) is 0 Å². The average molecular weight is 332 g/mol. The summed E-state index contributed by atoms with van der Waals surface area (Å²) >= 11 is 3.17. The minimum atomic E-state index is 0.229. The maximum absolute atomic E-state index is 5.84. The van der Waals surface area contributed by atoms with E-state index in [-0.39, 0.29) is 6.04 Å². The van der Waals surface area contributed by atoms with Crippen molar-refractivity contribution in [3.63, 3.8) is 0 Å². The third kappa shape index (κ3) is 3.12. The van der Waals surface area contributed by atoms with Gasteiger partial charge in [0.05, 0.1) is 5.75 Å². The molecule has 3 rings (SSSR count). The molecule has 2 heterocycles. The van der Waals surface area contributed by atoms with Gasteiger partial charge in [0.15, 0.2) is 5.16 Å². The summed E-state index contributed by atoms with van der Waals surface area (Å²) in [5, 5.41) is 19.3. The molecule has 0 saturated carbocycles. The Bertz CT molecular complexity index is 750. The summed E-state index contributed by atoms with van der Waals surface area (Å²) < 4.78 is 1.92. The maximum Gasteiger partial charge on any atom is 0.222 e. The van der Waals surface area contributed by atoms with Gasteiger partial charge >= 0.3 is 0 Å². The molecule has 0 unspecified atom stereocenters. The molecule has 2 N–H and O–H groups in total. The van der Waals surface area contributed by atoms with Gasteiger partial charge in [-0.05, 0) is 13.8 Å². The predicted molar refractivity (Wildman–Crippen MR) is 89.7 cm³/mol. The lowest BCUT2D eigenvalue weighted by molar-refractivity contribution is 0.557. The minimum Gasteiger partial charge on any atom is -0.368 e. The number of anilines is 1. The minimum absolute atomic E-state index is 0.229. The number of benzene rings is 1. The molecular weight excluding hydrogens is 316 g/mol. The largest absolute Gasteiger partial charge is 0.368 e. The lowest BCUT2D eigenvalue weighted by Crippen LogP contribution is -2.06. The summed E-state index contributed by atoms with van der Waals surface area (Å²) in [6.07, 6.45) is 0. The number of hydrogen-bond donors (Lipinski definition) is 1. The molecule has 3 aromatic rings. The Morgan fingerprint density at radius 2 is 1.91 bits per heavy atom. The van der Waals surface area contributed by atoms with Crippen LogP contribution in [0.15, 0.2) is 35.5 Å². The van der Waals surface area contributed by atoms with E-state index in [1.54, 1.807) is 23.1 Å². The van der Waals surface area contributed by atoms with E-state index in [1.807, 2.05) is 34.9 Å². The number of aromatic nitrogens is 5. The lowest BCUT2D eigenvalue weighted by atomic mass is 10.2. The van der Waals surface area contributed by atoms with E-state index in [0.29, 0.717) is 11.7 Å². The van der Waals surface area contributed by atoms with Gasteiger partial charge in [0.25, 0.3) is 0 Å². The van der Waals surface area contributed by atoms with Crippen molar-refractivity contribution < 1.29 is 0 Å². The van der Waals surface area contributed by atoms with E-state index >= 15 is 0 Å². The fraction of sp³-hybridized carbons (Fsp3) is 0.286. The van der Waals surface area contributed by atoms with Crippen LogP contribution in [0, 0.1) is 0 Å². The first-order chi connectivity index (χ1) is 10.6. The highest BCUT2D eigenvalue weighted by Crippen LogP contribution is 2.29. The molecule has 0 atom stereocenters. The van der Waals surface area contributed by atoms with Crippen molar-refractivity contribution in [1.82, 2.24) is 25.0 Å². The smallest absolute Gasteiger partial charge is 0.222 e. The van der Waals surface area contributed by atoms with Crippen LogP contribution in [0.3, 0.4) is 0 Å². The van der Waals surface area contributed by atoms with Crippen LogP contribution in [0.2, 0.25) is 0 Å². The molecule has 0 fully saturated rings. The molecule has 8 heteroatoms. The van der Waals surface area contributed by atoms with E-state index in [1.165, 1.54) is 0 Å².